The molecule has 0 radical (unpaired) electrons. The Morgan fingerprint density at radius 2 is 2.03 bits per heavy atom. The summed E-state index contributed by atoms with van der Waals surface area (Å²) in [4.78, 5) is 33.3. The number of hydrogen-bond acceptors (Lipinski definition) is 7. The normalized spacial score (nSPS) is 11.6. The van der Waals surface area contributed by atoms with Crippen LogP contribution in [0.5, 0.6) is 0 Å². The molecule has 1 atom stereocenters. The van der Waals surface area contributed by atoms with Gasteiger partial charge in [0, 0.05) is 16.1 Å². The van der Waals surface area contributed by atoms with Crippen LogP contribution < -0.4 is 10.6 Å². The highest BCUT2D eigenvalue weighted by molar-refractivity contribution is 7.22. The molecule has 0 aliphatic rings. The van der Waals surface area contributed by atoms with Crippen LogP contribution in [-0.2, 0) is 4.79 Å². The zero-order valence-corrected chi connectivity index (χ0v) is 18.4. The lowest BCUT2D eigenvalue weighted by molar-refractivity contribution is -0.117. The van der Waals surface area contributed by atoms with Gasteiger partial charge >= 0.3 is 0 Å². The average molecular weight is 468 g/mol. The van der Waals surface area contributed by atoms with Crippen LogP contribution in [0, 0.1) is 11.3 Å². The van der Waals surface area contributed by atoms with Crippen molar-refractivity contribution in [3.8, 4) is 6.07 Å². The number of nitriles is 1. The van der Waals surface area contributed by atoms with E-state index in [2.05, 4.69) is 20.6 Å². The zero-order chi connectivity index (χ0) is 22.0. The van der Waals surface area contributed by atoms with Gasteiger partial charge in [0.05, 0.1) is 33.3 Å². The molecule has 0 spiro atoms. The Labute approximate surface area is 190 Å². The molecule has 2 heterocycles. The van der Waals surface area contributed by atoms with Gasteiger partial charge in [0.25, 0.3) is 5.91 Å². The largest absolute Gasteiger partial charge is 0.321 e. The summed E-state index contributed by atoms with van der Waals surface area (Å²) in [5.74, 6) is -1.07. The highest BCUT2D eigenvalue weighted by Crippen LogP contribution is 2.30. The number of rotatable bonds is 5. The first-order valence-electron chi connectivity index (χ1n) is 9.04. The van der Waals surface area contributed by atoms with Crippen LogP contribution in [0.4, 0.5) is 10.8 Å². The van der Waals surface area contributed by atoms with E-state index in [0.717, 1.165) is 4.70 Å². The number of benzene rings is 2. The van der Waals surface area contributed by atoms with E-state index in [1.807, 2.05) is 6.07 Å². The molecule has 0 aliphatic heterocycles. The topological polar surface area (TPSA) is 108 Å². The summed E-state index contributed by atoms with van der Waals surface area (Å²) < 4.78 is 0.813. The van der Waals surface area contributed by atoms with Crippen molar-refractivity contribution in [1.29, 1.82) is 5.26 Å². The molecule has 10 heteroatoms. The van der Waals surface area contributed by atoms with E-state index >= 15 is 0 Å². The Morgan fingerprint density at radius 3 is 2.77 bits per heavy atom. The van der Waals surface area contributed by atoms with Gasteiger partial charge in [-0.3, -0.25) is 9.59 Å². The molecule has 4 aromatic rings. The summed E-state index contributed by atoms with van der Waals surface area (Å²) in [6, 6.07) is 12.2. The van der Waals surface area contributed by atoms with Crippen LogP contribution in [0.1, 0.15) is 34.5 Å². The Hall–Kier alpha value is -3.32. The molecule has 154 valence electrons. The third kappa shape index (κ3) is 4.72. The fraction of sp³-hybridized carbons (Fsp3) is 0.0952. The van der Waals surface area contributed by atoms with Gasteiger partial charge in [0.15, 0.2) is 5.13 Å². The quantitative estimate of drug-likeness (QED) is 0.415. The highest BCUT2D eigenvalue weighted by atomic mass is 35.5. The first-order chi connectivity index (χ1) is 14.9. The highest BCUT2D eigenvalue weighted by Gasteiger charge is 2.18. The number of fused-ring (bicyclic) bond motifs is 1. The predicted octanol–water partition coefficient (Wildman–Crippen LogP) is 5.27. The van der Waals surface area contributed by atoms with Crippen molar-refractivity contribution in [3.63, 3.8) is 0 Å². The molecule has 0 saturated carbocycles. The third-order valence-electron chi connectivity index (χ3n) is 4.48. The summed E-state index contributed by atoms with van der Waals surface area (Å²) in [5, 5.41) is 17.2. The summed E-state index contributed by atoms with van der Waals surface area (Å²) in [7, 11) is 0. The molecular weight excluding hydrogens is 454 g/mol. The van der Waals surface area contributed by atoms with E-state index in [4.69, 9.17) is 16.9 Å². The molecule has 2 amide bonds. The van der Waals surface area contributed by atoms with Crippen LogP contribution in [0.2, 0.25) is 5.02 Å². The van der Waals surface area contributed by atoms with Crippen LogP contribution in [0.25, 0.3) is 10.2 Å². The number of aromatic nitrogens is 2. The molecule has 2 aromatic carbocycles. The van der Waals surface area contributed by atoms with E-state index in [0.29, 0.717) is 38.2 Å². The lowest BCUT2D eigenvalue weighted by Gasteiger charge is -2.11. The monoisotopic (exact) mass is 467 g/mol. The molecule has 2 aromatic heterocycles. The molecule has 2 N–H and O–H groups in total. The number of nitrogens with one attached hydrogen (secondary N) is 2. The van der Waals surface area contributed by atoms with Gasteiger partial charge in [-0.15, -0.1) is 11.3 Å². The summed E-state index contributed by atoms with van der Waals surface area (Å²) in [6.45, 7) is 1.74. The number of halogens is 1. The van der Waals surface area contributed by atoms with Crippen LogP contribution >= 0.6 is 34.3 Å². The van der Waals surface area contributed by atoms with E-state index in [1.165, 1.54) is 22.7 Å². The number of carbonyl (C=O) groups excluding carboxylic acids is 2. The molecule has 4 rings (SSSR count). The molecule has 31 heavy (non-hydrogen) atoms. The first-order valence-corrected chi connectivity index (χ1v) is 11.2. The molecule has 0 bridgehead atoms. The Balaban J connectivity index is 1.49. The molecule has 1 unspecified atom stereocenters. The zero-order valence-electron chi connectivity index (χ0n) is 16.0. The van der Waals surface area contributed by atoms with Crippen molar-refractivity contribution in [1.82, 2.24) is 9.97 Å². The summed E-state index contributed by atoms with van der Waals surface area (Å²) in [6.07, 6.45) is 0. The van der Waals surface area contributed by atoms with Crippen molar-refractivity contribution in [2.24, 2.45) is 0 Å². The minimum absolute atomic E-state index is 0.262. The number of nitrogens with zero attached hydrogens (tertiary/aromatic N) is 3. The maximum absolute atomic E-state index is 12.7. The van der Waals surface area contributed by atoms with Crippen LogP contribution in [0.15, 0.2) is 47.3 Å². The van der Waals surface area contributed by atoms with Gasteiger partial charge in [-0.2, -0.15) is 5.26 Å². The van der Waals surface area contributed by atoms with Crippen molar-refractivity contribution in [2.75, 3.05) is 10.6 Å². The van der Waals surface area contributed by atoms with Gasteiger partial charge in [-0.05, 0) is 48.9 Å². The van der Waals surface area contributed by atoms with Crippen LogP contribution in [-0.4, -0.2) is 21.8 Å². The standard InChI is InChI=1S/C21H14ClN5O2S2/c1-11(13-4-12(8-23)5-14(22)6-13)19(28)27-21-26-16-3-2-15(7-18(16)31-21)25-20(29)17-9-30-10-24-17/h2-7,9-11H,1H3,(H,25,29)(H,26,27,28). The molecular formula is C21H14ClN5O2S2. The second kappa shape index (κ2) is 8.81. The second-order valence-electron chi connectivity index (χ2n) is 6.63. The first kappa shape index (κ1) is 20.9. The average Bonchev–Trinajstić information content (AvgIpc) is 3.42. The van der Waals surface area contributed by atoms with Gasteiger partial charge in [-0.1, -0.05) is 22.9 Å². The maximum Gasteiger partial charge on any atom is 0.275 e. The summed E-state index contributed by atoms with van der Waals surface area (Å²) in [5.41, 5.74) is 4.32. The molecule has 0 saturated heterocycles. The molecule has 0 aliphatic carbocycles. The SMILES string of the molecule is CC(C(=O)Nc1nc2ccc(NC(=O)c3cscn3)cc2s1)c1cc(Cl)cc(C#N)c1. The van der Waals surface area contributed by atoms with Gasteiger partial charge in [-0.25, -0.2) is 9.97 Å². The van der Waals surface area contributed by atoms with Crippen molar-refractivity contribution in [3.05, 3.63) is 69.1 Å². The number of amides is 2. The number of hydrogen-bond donors (Lipinski definition) is 2. The maximum atomic E-state index is 12.7. The minimum atomic E-state index is -0.522. The smallest absolute Gasteiger partial charge is 0.275 e. The fourth-order valence-corrected chi connectivity index (χ4v) is 4.55. The van der Waals surface area contributed by atoms with Crippen molar-refractivity contribution in [2.45, 2.75) is 12.8 Å². The third-order valence-corrected chi connectivity index (χ3v) is 6.22. The predicted molar refractivity (Wildman–Crippen MR) is 123 cm³/mol. The Morgan fingerprint density at radius 1 is 1.19 bits per heavy atom. The van der Waals surface area contributed by atoms with E-state index < -0.39 is 5.92 Å². The van der Waals surface area contributed by atoms with E-state index in [9.17, 15) is 9.59 Å². The number of carbonyl (C=O) groups is 2. The summed E-state index contributed by atoms with van der Waals surface area (Å²) >= 11 is 8.70. The fourth-order valence-electron chi connectivity index (χ4n) is 2.87. The Bertz CT molecular complexity index is 1330. The van der Waals surface area contributed by atoms with E-state index in [-0.39, 0.29) is 11.8 Å². The second-order valence-corrected chi connectivity index (χ2v) is 8.81. The van der Waals surface area contributed by atoms with E-state index in [1.54, 1.807) is 54.2 Å². The van der Waals surface area contributed by atoms with Gasteiger partial charge in [0.2, 0.25) is 5.91 Å². The lowest BCUT2D eigenvalue weighted by Crippen LogP contribution is -2.18. The minimum Gasteiger partial charge on any atom is -0.321 e. The van der Waals surface area contributed by atoms with Crippen LogP contribution in [0.3, 0.4) is 0 Å². The molecule has 0 fully saturated rings. The van der Waals surface area contributed by atoms with Gasteiger partial charge < -0.3 is 10.6 Å². The number of thiazole rings is 2. The lowest BCUT2D eigenvalue weighted by atomic mass is 9.98. The van der Waals surface area contributed by atoms with Gasteiger partial charge in [0.1, 0.15) is 5.69 Å². The molecule has 7 nitrogen and oxygen atoms in total. The number of anilines is 2. The van der Waals surface area contributed by atoms with Crippen molar-refractivity contribution >= 4 is 67.1 Å². The Kier molecular flexibility index (Phi) is 5.95. The van der Waals surface area contributed by atoms with Crippen molar-refractivity contribution < 1.29 is 9.59 Å².